The van der Waals surface area contributed by atoms with E-state index in [9.17, 15) is 0 Å². The zero-order valence-electron chi connectivity index (χ0n) is 8.19. The molecule has 3 unspecified atom stereocenters. The first kappa shape index (κ1) is 9.99. The second kappa shape index (κ2) is 3.55. The zero-order valence-corrected chi connectivity index (χ0v) is 9.01. The van der Waals surface area contributed by atoms with Gasteiger partial charge in [0.1, 0.15) is 5.76 Å². The lowest BCUT2D eigenvalue weighted by molar-refractivity contribution is 0.343. The highest BCUT2D eigenvalue weighted by molar-refractivity contribution is 5.85. The van der Waals surface area contributed by atoms with Gasteiger partial charge < -0.3 is 9.84 Å². The summed E-state index contributed by atoms with van der Waals surface area (Å²) in [6.07, 6.45) is 2.65. The van der Waals surface area contributed by atoms with Crippen LogP contribution in [-0.4, -0.2) is 17.7 Å². The van der Waals surface area contributed by atoms with Crippen LogP contribution >= 0.6 is 12.4 Å². The molecule has 1 aliphatic heterocycles. The van der Waals surface area contributed by atoms with Crippen LogP contribution in [0, 0.1) is 12.8 Å². The van der Waals surface area contributed by atoms with Crippen LogP contribution < -0.4 is 5.32 Å². The first-order chi connectivity index (χ1) is 6.34. The van der Waals surface area contributed by atoms with Crippen molar-refractivity contribution in [3.8, 4) is 0 Å². The molecule has 14 heavy (non-hydrogen) atoms. The van der Waals surface area contributed by atoms with E-state index in [-0.39, 0.29) is 12.4 Å². The number of fused-ring (bicyclic) bond motifs is 2. The van der Waals surface area contributed by atoms with Gasteiger partial charge in [0.15, 0.2) is 0 Å². The van der Waals surface area contributed by atoms with Crippen LogP contribution in [0.5, 0.6) is 0 Å². The molecule has 78 valence electrons. The van der Waals surface area contributed by atoms with Gasteiger partial charge in [-0.05, 0) is 32.2 Å². The molecule has 1 saturated heterocycles. The van der Waals surface area contributed by atoms with E-state index in [0.717, 1.165) is 23.9 Å². The Hall–Kier alpha value is -0.540. The van der Waals surface area contributed by atoms with Crippen LogP contribution in [-0.2, 0) is 0 Å². The summed E-state index contributed by atoms with van der Waals surface area (Å²) in [5.41, 5.74) is 1.00. The number of hydrogen-bond donors (Lipinski definition) is 1. The van der Waals surface area contributed by atoms with E-state index in [0.29, 0.717) is 12.0 Å². The predicted molar refractivity (Wildman–Crippen MR) is 55.7 cm³/mol. The standard InChI is InChI=1S/C10H14N2O.ClH/c1-6-4-9(13-12-6)10-7-2-3-8(10)11-5-7;/h4,7-8,10-11H,2-3,5H2,1H3;1H. The maximum Gasteiger partial charge on any atom is 0.141 e. The van der Waals surface area contributed by atoms with Crippen molar-refractivity contribution in [1.82, 2.24) is 10.5 Å². The smallest absolute Gasteiger partial charge is 0.141 e. The summed E-state index contributed by atoms with van der Waals surface area (Å²) in [6.45, 7) is 3.15. The van der Waals surface area contributed by atoms with Crippen molar-refractivity contribution in [1.29, 1.82) is 0 Å². The number of aryl methyl sites for hydroxylation is 1. The molecule has 1 N–H and O–H groups in total. The maximum atomic E-state index is 5.34. The van der Waals surface area contributed by atoms with Crippen LogP contribution in [0.3, 0.4) is 0 Å². The van der Waals surface area contributed by atoms with Crippen LogP contribution in [0.25, 0.3) is 0 Å². The van der Waals surface area contributed by atoms with E-state index in [1.165, 1.54) is 12.8 Å². The van der Waals surface area contributed by atoms with Crippen molar-refractivity contribution < 1.29 is 4.52 Å². The summed E-state index contributed by atoms with van der Waals surface area (Å²) in [6, 6.07) is 2.74. The first-order valence-corrected chi connectivity index (χ1v) is 5.01. The van der Waals surface area contributed by atoms with Crippen LogP contribution in [0.15, 0.2) is 10.6 Å². The molecule has 1 aromatic heterocycles. The van der Waals surface area contributed by atoms with E-state index < -0.39 is 0 Å². The topological polar surface area (TPSA) is 38.1 Å². The van der Waals surface area contributed by atoms with Crippen molar-refractivity contribution >= 4 is 12.4 Å². The fourth-order valence-electron chi connectivity index (χ4n) is 2.81. The second-order valence-electron chi connectivity index (χ2n) is 4.25. The Balaban J connectivity index is 0.000000750. The van der Waals surface area contributed by atoms with Crippen molar-refractivity contribution in [3.63, 3.8) is 0 Å². The Morgan fingerprint density at radius 2 is 2.36 bits per heavy atom. The largest absolute Gasteiger partial charge is 0.361 e. The molecule has 2 heterocycles. The fraction of sp³-hybridized carbons (Fsp3) is 0.700. The number of hydrogen-bond acceptors (Lipinski definition) is 3. The molecule has 3 nitrogen and oxygen atoms in total. The van der Waals surface area contributed by atoms with Gasteiger partial charge in [-0.15, -0.1) is 12.4 Å². The minimum absolute atomic E-state index is 0. The average Bonchev–Trinajstić information content (AvgIpc) is 2.78. The zero-order chi connectivity index (χ0) is 8.84. The van der Waals surface area contributed by atoms with Gasteiger partial charge in [-0.1, -0.05) is 5.16 Å². The number of nitrogens with one attached hydrogen (secondary N) is 1. The van der Waals surface area contributed by atoms with Crippen LogP contribution in [0.2, 0.25) is 0 Å². The number of rotatable bonds is 1. The van der Waals surface area contributed by atoms with Gasteiger partial charge in [0.2, 0.25) is 0 Å². The van der Waals surface area contributed by atoms with Gasteiger partial charge in [-0.3, -0.25) is 0 Å². The number of halogens is 1. The summed E-state index contributed by atoms with van der Waals surface area (Å²) < 4.78 is 5.34. The van der Waals surface area contributed by atoms with Gasteiger partial charge in [0.25, 0.3) is 0 Å². The Morgan fingerprint density at radius 3 is 2.79 bits per heavy atom. The lowest BCUT2D eigenvalue weighted by Crippen LogP contribution is -2.25. The molecule has 3 atom stereocenters. The predicted octanol–water partition coefficient (Wildman–Crippen LogP) is 1.87. The molecular formula is C10H15ClN2O. The highest BCUT2D eigenvalue weighted by atomic mass is 35.5. The van der Waals surface area contributed by atoms with Gasteiger partial charge >= 0.3 is 0 Å². The normalized spacial score (nSPS) is 34.5. The third-order valence-corrected chi connectivity index (χ3v) is 3.41. The molecule has 0 aromatic carbocycles. The van der Waals surface area contributed by atoms with E-state index in [4.69, 9.17) is 4.52 Å². The Labute approximate surface area is 89.6 Å². The molecule has 2 aliphatic rings. The summed E-state index contributed by atoms with van der Waals surface area (Å²) >= 11 is 0. The Kier molecular flexibility index (Phi) is 2.54. The van der Waals surface area contributed by atoms with Gasteiger partial charge in [0.05, 0.1) is 5.69 Å². The third kappa shape index (κ3) is 1.35. The van der Waals surface area contributed by atoms with Crippen LogP contribution in [0.1, 0.15) is 30.2 Å². The van der Waals surface area contributed by atoms with Gasteiger partial charge in [0, 0.05) is 18.0 Å². The number of nitrogens with zero attached hydrogens (tertiary/aromatic N) is 1. The second-order valence-corrected chi connectivity index (χ2v) is 4.25. The van der Waals surface area contributed by atoms with E-state index >= 15 is 0 Å². The minimum Gasteiger partial charge on any atom is -0.361 e. The lowest BCUT2D eigenvalue weighted by Gasteiger charge is -2.09. The molecule has 2 fully saturated rings. The SMILES string of the molecule is Cc1cc(C2C3CCC2NC3)on1.Cl. The Bertz CT molecular complexity index is 306. The molecule has 3 rings (SSSR count). The highest BCUT2D eigenvalue weighted by Gasteiger charge is 2.44. The fourth-order valence-corrected chi connectivity index (χ4v) is 2.81. The summed E-state index contributed by atoms with van der Waals surface area (Å²) in [4.78, 5) is 0. The van der Waals surface area contributed by atoms with Crippen LogP contribution in [0.4, 0.5) is 0 Å². The molecule has 1 saturated carbocycles. The van der Waals surface area contributed by atoms with Gasteiger partial charge in [-0.25, -0.2) is 0 Å². The number of aromatic nitrogens is 1. The average molecular weight is 215 g/mol. The van der Waals surface area contributed by atoms with Crippen molar-refractivity contribution in [3.05, 3.63) is 17.5 Å². The van der Waals surface area contributed by atoms with E-state index in [1.54, 1.807) is 0 Å². The third-order valence-electron chi connectivity index (χ3n) is 3.41. The quantitative estimate of drug-likeness (QED) is 0.776. The summed E-state index contributed by atoms with van der Waals surface area (Å²) in [5, 5.41) is 7.48. The van der Waals surface area contributed by atoms with E-state index in [2.05, 4.69) is 16.5 Å². The Morgan fingerprint density at radius 1 is 1.50 bits per heavy atom. The minimum atomic E-state index is 0. The molecule has 0 amide bonds. The molecule has 0 radical (unpaired) electrons. The molecular weight excluding hydrogens is 200 g/mol. The highest BCUT2D eigenvalue weighted by Crippen LogP contribution is 2.43. The maximum absolute atomic E-state index is 5.34. The van der Waals surface area contributed by atoms with Crippen molar-refractivity contribution in [2.24, 2.45) is 5.92 Å². The monoisotopic (exact) mass is 214 g/mol. The molecule has 1 aliphatic carbocycles. The van der Waals surface area contributed by atoms with E-state index in [1.807, 2.05) is 6.92 Å². The summed E-state index contributed by atoms with van der Waals surface area (Å²) in [5.74, 6) is 2.48. The first-order valence-electron chi connectivity index (χ1n) is 5.01. The van der Waals surface area contributed by atoms with Crippen molar-refractivity contribution in [2.45, 2.75) is 31.7 Å². The molecule has 1 aromatic rings. The summed E-state index contributed by atoms with van der Waals surface area (Å²) in [7, 11) is 0. The molecule has 0 spiro atoms. The van der Waals surface area contributed by atoms with Gasteiger partial charge in [-0.2, -0.15) is 0 Å². The molecule has 2 bridgehead atoms. The number of piperidine rings is 1. The molecule has 4 heteroatoms. The lowest BCUT2D eigenvalue weighted by atomic mass is 9.95. The van der Waals surface area contributed by atoms with Crippen molar-refractivity contribution in [2.75, 3.05) is 6.54 Å².